The fourth-order valence-corrected chi connectivity index (χ4v) is 4.70. The molecule has 1 aliphatic heterocycles. The summed E-state index contributed by atoms with van der Waals surface area (Å²) in [5, 5.41) is 14.1. The summed E-state index contributed by atoms with van der Waals surface area (Å²) in [4.78, 5) is 12.6. The van der Waals surface area contributed by atoms with Gasteiger partial charge >= 0.3 is 13.2 Å². The van der Waals surface area contributed by atoms with Gasteiger partial charge in [0.25, 0.3) is 0 Å². The van der Waals surface area contributed by atoms with Crippen molar-refractivity contribution in [2.24, 2.45) is 5.92 Å². The molecule has 1 heterocycles. The van der Waals surface area contributed by atoms with Gasteiger partial charge in [0.1, 0.15) is 5.60 Å². The maximum Gasteiger partial charge on any atom is 0.494 e. The number of benzene rings is 1. The number of carbonyl (C=O) groups excluding carboxylic acids is 1. The monoisotopic (exact) mass is 429 g/mol. The van der Waals surface area contributed by atoms with E-state index in [1.54, 1.807) is 0 Å². The lowest BCUT2D eigenvalue weighted by Gasteiger charge is -2.54. The number of hydrogen-bond acceptors (Lipinski definition) is 5. The molecule has 0 radical (unpaired) electrons. The van der Waals surface area contributed by atoms with Gasteiger partial charge in [0.05, 0.1) is 22.3 Å². The van der Waals surface area contributed by atoms with Crippen LogP contribution in [0.15, 0.2) is 24.3 Å². The summed E-state index contributed by atoms with van der Waals surface area (Å²) in [6, 6.07) is 7.99. The molecule has 0 atom stereocenters. The SMILES string of the molecule is CC(C)(C)OC(=O)NC1(c2ccc(B3OC(C)(C)C(C)(C)O3)cc2)CC(O)(C2CC2)C1. The Morgan fingerprint density at radius 3 is 2.03 bits per heavy atom. The average Bonchev–Trinajstić information content (AvgIpc) is 3.39. The van der Waals surface area contributed by atoms with Crippen LogP contribution in [0, 0.1) is 5.92 Å². The van der Waals surface area contributed by atoms with Gasteiger partial charge in [-0.1, -0.05) is 24.3 Å². The molecule has 1 amide bonds. The second-order valence-electron chi connectivity index (χ2n) is 11.7. The maximum absolute atomic E-state index is 12.6. The second-order valence-corrected chi connectivity index (χ2v) is 11.7. The van der Waals surface area contributed by atoms with E-state index in [4.69, 9.17) is 14.0 Å². The highest BCUT2D eigenvalue weighted by molar-refractivity contribution is 6.62. The molecule has 2 N–H and O–H groups in total. The Labute approximate surface area is 186 Å². The normalized spacial score (nSPS) is 31.8. The fraction of sp³-hybridized carbons (Fsp3) is 0.708. The van der Waals surface area contributed by atoms with Gasteiger partial charge in [0, 0.05) is 12.8 Å². The molecule has 1 aromatic rings. The van der Waals surface area contributed by atoms with E-state index < -0.39 is 41.2 Å². The van der Waals surface area contributed by atoms with Crippen molar-refractivity contribution >= 4 is 18.7 Å². The third-order valence-corrected chi connectivity index (χ3v) is 7.28. The molecule has 170 valence electrons. The van der Waals surface area contributed by atoms with Crippen LogP contribution < -0.4 is 10.8 Å². The minimum Gasteiger partial charge on any atom is -0.444 e. The molecule has 0 bridgehead atoms. The Morgan fingerprint density at radius 2 is 1.58 bits per heavy atom. The highest BCUT2D eigenvalue weighted by Crippen LogP contribution is 2.58. The zero-order valence-electron chi connectivity index (χ0n) is 19.9. The van der Waals surface area contributed by atoms with Crippen molar-refractivity contribution in [3.8, 4) is 0 Å². The van der Waals surface area contributed by atoms with Crippen molar-refractivity contribution in [2.45, 2.75) is 102 Å². The fourth-order valence-electron chi connectivity index (χ4n) is 4.70. The van der Waals surface area contributed by atoms with Gasteiger partial charge in [0.15, 0.2) is 0 Å². The van der Waals surface area contributed by atoms with E-state index in [2.05, 4.69) is 5.32 Å². The number of amides is 1. The van der Waals surface area contributed by atoms with Crippen LogP contribution in [-0.2, 0) is 19.6 Å². The minimum atomic E-state index is -0.709. The molecule has 0 aromatic heterocycles. The predicted octanol–water partition coefficient (Wildman–Crippen LogP) is 3.64. The standard InChI is InChI=1S/C24H36BNO5/c1-20(2,3)29-19(27)26-23(14-24(28,15-23)17-8-9-17)16-10-12-18(13-11-16)25-30-21(4,5)22(6,7)31-25/h10-13,17,28H,8-9,14-15H2,1-7H3,(H,26,27). The number of rotatable bonds is 4. The molecular weight excluding hydrogens is 393 g/mol. The molecule has 3 aliphatic rings. The lowest BCUT2D eigenvalue weighted by Crippen LogP contribution is -2.64. The summed E-state index contributed by atoms with van der Waals surface area (Å²) < 4.78 is 17.8. The van der Waals surface area contributed by atoms with Gasteiger partial charge in [-0.2, -0.15) is 0 Å². The predicted molar refractivity (Wildman–Crippen MR) is 120 cm³/mol. The molecule has 1 saturated heterocycles. The van der Waals surface area contributed by atoms with Gasteiger partial charge in [0.2, 0.25) is 0 Å². The molecule has 0 unspecified atom stereocenters. The van der Waals surface area contributed by atoms with E-state index in [1.165, 1.54) is 0 Å². The van der Waals surface area contributed by atoms with Crippen molar-refractivity contribution in [1.82, 2.24) is 5.32 Å². The molecule has 6 nitrogen and oxygen atoms in total. The largest absolute Gasteiger partial charge is 0.494 e. The van der Waals surface area contributed by atoms with Crippen molar-refractivity contribution in [2.75, 3.05) is 0 Å². The topological polar surface area (TPSA) is 77.0 Å². The van der Waals surface area contributed by atoms with Crippen LogP contribution in [0.1, 0.15) is 79.7 Å². The van der Waals surface area contributed by atoms with Crippen LogP contribution in [0.4, 0.5) is 4.79 Å². The lowest BCUT2D eigenvalue weighted by molar-refractivity contribution is -0.118. The molecule has 4 rings (SSSR count). The molecule has 2 aliphatic carbocycles. The Morgan fingerprint density at radius 1 is 1.06 bits per heavy atom. The summed E-state index contributed by atoms with van der Waals surface area (Å²) in [5.41, 5.74) is -0.819. The molecule has 1 aromatic carbocycles. The summed E-state index contributed by atoms with van der Waals surface area (Å²) >= 11 is 0. The summed E-state index contributed by atoms with van der Waals surface area (Å²) in [6.07, 6.45) is 2.65. The number of ether oxygens (including phenoxy) is 1. The zero-order valence-corrected chi connectivity index (χ0v) is 19.9. The number of nitrogens with one attached hydrogen (secondary N) is 1. The van der Waals surface area contributed by atoms with E-state index in [0.717, 1.165) is 23.9 Å². The number of hydrogen-bond donors (Lipinski definition) is 2. The zero-order chi connectivity index (χ0) is 22.9. The Balaban J connectivity index is 1.54. The molecule has 7 heteroatoms. The highest BCUT2D eigenvalue weighted by atomic mass is 16.7. The first-order chi connectivity index (χ1) is 14.1. The van der Waals surface area contributed by atoms with Crippen LogP contribution in [0.2, 0.25) is 0 Å². The third-order valence-electron chi connectivity index (χ3n) is 7.28. The first kappa shape index (κ1) is 22.6. The number of carbonyl (C=O) groups is 1. The summed E-state index contributed by atoms with van der Waals surface area (Å²) in [7, 11) is -0.432. The van der Waals surface area contributed by atoms with Crippen LogP contribution in [0.25, 0.3) is 0 Å². The van der Waals surface area contributed by atoms with Crippen LogP contribution in [0.3, 0.4) is 0 Å². The van der Waals surface area contributed by atoms with Gasteiger partial charge in [-0.15, -0.1) is 0 Å². The van der Waals surface area contributed by atoms with Gasteiger partial charge < -0.3 is 24.5 Å². The Hall–Kier alpha value is -1.57. The quantitative estimate of drug-likeness (QED) is 0.715. The first-order valence-corrected chi connectivity index (χ1v) is 11.3. The van der Waals surface area contributed by atoms with Crippen molar-refractivity contribution in [3.05, 3.63) is 29.8 Å². The molecule has 0 spiro atoms. The smallest absolute Gasteiger partial charge is 0.444 e. The Kier molecular flexibility index (Phi) is 5.08. The molecule has 3 fully saturated rings. The lowest BCUT2D eigenvalue weighted by atomic mass is 9.59. The van der Waals surface area contributed by atoms with Gasteiger partial charge in [-0.3, -0.25) is 0 Å². The summed E-state index contributed by atoms with van der Waals surface area (Å²) in [6.45, 7) is 13.7. The van der Waals surface area contributed by atoms with E-state index in [1.807, 2.05) is 72.7 Å². The van der Waals surface area contributed by atoms with Crippen LogP contribution in [0.5, 0.6) is 0 Å². The number of aliphatic hydroxyl groups is 1. The van der Waals surface area contributed by atoms with Crippen LogP contribution in [-0.4, -0.2) is 40.7 Å². The first-order valence-electron chi connectivity index (χ1n) is 11.3. The maximum atomic E-state index is 12.6. The van der Waals surface area contributed by atoms with E-state index in [-0.39, 0.29) is 0 Å². The van der Waals surface area contributed by atoms with Crippen LogP contribution >= 0.6 is 0 Å². The molecule has 2 saturated carbocycles. The van der Waals surface area contributed by atoms with E-state index >= 15 is 0 Å². The molecule has 31 heavy (non-hydrogen) atoms. The second kappa shape index (κ2) is 6.96. The van der Waals surface area contributed by atoms with Crippen molar-refractivity contribution < 1.29 is 23.9 Å². The molecular formula is C24H36BNO5. The van der Waals surface area contributed by atoms with Gasteiger partial charge in [-0.05, 0) is 78.3 Å². The third kappa shape index (κ3) is 4.24. The highest BCUT2D eigenvalue weighted by Gasteiger charge is 2.61. The minimum absolute atomic E-state index is 0.338. The Bertz CT molecular complexity index is 832. The van der Waals surface area contributed by atoms with Crippen molar-refractivity contribution in [1.29, 1.82) is 0 Å². The van der Waals surface area contributed by atoms with E-state index in [9.17, 15) is 9.90 Å². The number of alkyl carbamates (subject to hydrolysis) is 1. The van der Waals surface area contributed by atoms with Gasteiger partial charge in [-0.25, -0.2) is 4.79 Å². The average molecular weight is 429 g/mol. The van der Waals surface area contributed by atoms with Crippen molar-refractivity contribution in [3.63, 3.8) is 0 Å². The van der Waals surface area contributed by atoms with E-state index in [0.29, 0.717) is 18.8 Å². The summed E-state index contributed by atoms with van der Waals surface area (Å²) in [5.74, 6) is 0.338.